The van der Waals surface area contributed by atoms with Crippen molar-refractivity contribution in [2.24, 2.45) is 5.92 Å². The van der Waals surface area contributed by atoms with Gasteiger partial charge in [0.1, 0.15) is 12.4 Å². The fourth-order valence-corrected chi connectivity index (χ4v) is 4.16. The molecule has 0 bridgehead atoms. The van der Waals surface area contributed by atoms with Crippen LogP contribution in [0, 0.1) is 5.92 Å². The predicted molar refractivity (Wildman–Crippen MR) is 122 cm³/mol. The Labute approximate surface area is 193 Å². The molecule has 2 saturated heterocycles. The lowest BCUT2D eigenvalue weighted by Gasteiger charge is -2.36. The van der Waals surface area contributed by atoms with E-state index in [-0.39, 0.29) is 24.2 Å². The maximum atomic E-state index is 13.1. The number of ether oxygens (including phenoxy) is 3. The van der Waals surface area contributed by atoms with Gasteiger partial charge in [-0.15, -0.1) is 10.2 Å². The van der Waals surface area contributed by atoms with Crippen LogP contribution in [0.4, 0.5) is 11.5 Å². The molecule has 2 aromatic rings. The number of hydrogen-bond donors (Lipinski definition) is 0. The van der Waals surface area contributed by atoms with Crippen molar-refractivity contribution >= 4 is 23.3 Å². The minimum atomic E-state index is -0.350. The van der Waals surface area contributed by atoms with E-state index in [0.717, 1.165) is 5.82 Å². The fourth-order valence-electron chi connectivity index (χ4n) is 4.16. The maximum Gasteiger partial charge on any atom is 0.233 e. The number of anilines is 2. The number of piperazine rings is 1. The Bertz CT molecular complexity index is 962. The minimum Gasteiger partial charge on any atom is -0.495 e. The molecule has 2 aliphatic rings. The Hall–Kier alpha value is -3.40. The van der Waals surface area contributed by atoms with E-state index in [1.807, 2.05) is 35.2 Å². The van der Waals surface area contributed by atoms with Crippen molar-refractivity contribution in [3.8, 4) is 11.6 Å². The molecule has 0 saturated carbocycles. The normalized spacial score (nSPS) is 18.5. The van der Waals surface area contributed by atoms with Gasteiger partial charge < -0.3 is 28.9 Å². The first-order chi connectivity index (χ1) is 16.1. The average Bonchev–Trinajstić information content (AvgIpc) is 3.25. The highest BCUT2D eigenvalue weighted by atomic mass is 16.5. The first-order valence-electron chi connectivity index (χ1n) is 11.0. The van der Waals surface area contributed by atoms with Gasteiger partial charge in [0.2, 0.25) is 17.7 Å². The van der Waals surface area contributed by atoms with Gasteiger partial charge in [-0.2, -0.15) is 0 Å². The maximum absolute atomic E-state index is 13.1. The predicted octanol–water partition coefficient (Wildman–Crippen LogP) is 1.21. The zero-order chi connectivity index (χ0) is 23.2. The van der Waals surface area contributed by atoms with Crippen molar-refractivity contribution < 1.29 is 23.8 Å². The van der Waals surface area contributed by atoms with Gasteiger partial charge >= 0.3 is 0 Å². The van der Waals surface area contributed by atoms with Gasteiger partial charge in [-0.05, 0) is 18.2 Å². The summed E-state index contributed by atoms with van der Waals surface area (Å²) < 4.78 is 15.8. The zero-order valence-electron chi connectivity index (χ0n) is 19.0. The van der Waals surface area contributed by atoms with Crippen LogP contribution >= 0.6 is 0 Å². The first kappa shape index (κ1) is 22.8. The number of benzene rings is 1. The number of hydrogen-bond acceptors (Lipinski definition) is 8. The van der Waals surface area contributed by atoms with Gasteiger partial charge in [-0.25, -0.2) is 0 Å². The number of carbonyl (C=O) groups excluding carboxylic acids is 2. The van der Waals surface area contributed by atoms with Crippen molar-refractivity contribution in [2.45, 2.75) is 6.42 Å². The van der Waals surface area contributed by atoms with Crippen LogP contribution in [0.25, 0.3) is 0 Å². The van der Waals surface area contributed by atoms with E-state index in [0.29, 0.717) is 63.3 Å². The highest BCUT2D eigenvalue weighted by molar-refractivity contribution is 6.01. The van der Waals surface area contributed by atoms with Crippen LogP contribution in [0.3, 0.4) is 0 Å². The topological polar surface area (TPSA) is 97.3 Å². The summed E-state index contributed by atoms with van der Waals surface area (Å²) in [6, 6.07) is 11.0. The second-order valence-corrected chi connectivity index (χ2v) is 7.96. The van der Waals surface area contributed by atoms with Crippen LogP contribution in [0.1, 0.15) is 6.42 Å². The molecule has 0 aliphatic carbocycles. The smallest absolute Gasteiger partial charge is 0.233 e. The molecule has 1 aromatic heterocycles. The third-order valence-electron chi connectivity index (χ3n) is 5.93. The lowest BCUT2D eigenvalue weighted by Crippen LogP contribution is -2.51. The third kappa shape index (κ3) is 5.16. The molecule has 1 aromatic carbocycles. The molecule has 4 rings (SSSR count). The van der Waals surface area contributed by atoms with E-state index < -0.39 is 0 Å². The van der Waals surface area contributed by atoms with Gasteiger partial charge in [0.25, 0.3) is 0 Å². The van der Waals surface area contributed by atoms with Crippen molar-refractivity contribution in [1.82, 2.24) is 15.1 Å². The number of carbonyl (C=O) groups is 2. The number of aromatic nitrogens is 2. The van der Waals surface area contributed by atoms with E-state index in [4.69, 9.17) is 14.2 Å². The lowest BCUT2D eigenvalue weighted by molar-refractivity contribution is -0.136. The van der Waals surface area contributed by atoms with Gasteiger partial charge in [-0.1, -0.05) is 12.1 Å². The van der Waals surface area contributed by atoms with Crippen LogP contribution in [-0.4, -0.2) is 87.1 Å². The van der Waals surface area contributed by atoms with E-state index in [1.165, 1.54) is 0 Å². The molecule has 33 heavy (non-hydrogen) atoms. The summed E-state index contributed by atoms with van der Waals surface area (Å²) >= 11 is 0. The van der Waals surface area contributed by atoms with Gasteiger partial charge in [0.05, 0.1) is 25.3 Å². The van der Waals surface area contributed by atoms with E-state index in [2.05, 4.69) is 15.1 Å². The molecule has 1 atom stereocenters. The first-order valence-corrected chi connectivity index (χ1v) is 11.0. The summed E-state index contributed by atoms with van der Waals surface area (Å²) in [6.45, 7) is 3.74. The second-order valence-electron chi connectivity index (χ2n) is 7.96. The highest BCUT2D eigenvalue weighted by Crippen LogP contribution is 2.33. The van der Waals surface area contributed by atoms with Crippen LogP contribution in [-0.2, 0) is 14.3 Å². The van der Waals surface area contributed by atoms with E-state index in [9.17, 15) is 9.59 Å². The molecule has 10 heteroatoms. The largest absolute Gasteiger partial charge is 0.495 e. The number of para-hydroxylation sites is 2. The minimum absolute atomic E-state index is 0.0216. The molecule has 1 unspecified atom stereocenters. The number of nitrogens with zero attached hydrogens (tertiary/aromatic N) is 5. The Morgan fingerprint density at radius 1 is 1.03 bits per heavy atom. The molecule has 0 radical (unpaired) electrons. The summed E-state index contributed by atoms with van der Waals surface area (Å²) in [4.78, 5) is 31.4. The van der Waals surface area contributed by atoms with Gasteiger partial charge in [0, 0.05) is 52.3 Å². The molecule has 2 amide bonds. The summed E-state index contributed by atoms with van der Waals surface area (Å²) in [5, 5.41) is 8.34. The Balaban J connectivity index is 1.31. The molecule has 176 valence electrons. The zero-order valence-corrected chi connectivity index (χ0v) is 19.0. The highest BCUT2D eigenvalue weighted by Gasteiger charge is 2.38. The standard InChI is InChI=1S/C23H29N5O5/c1-31-13-14-33-21-8-7-20(24-25-21)26-9-11-27(12-10-26)23(30)17-15-22(29)28(16-17)18-5-3-4-6-19(18)32-2/h3-8,17H,9-16H2,1-2H3. The van der Waals surface area contributed by atoms with Crippen LogP contribution in [0.2, 0.25) is 0 Å². The van der Waals surface area contributed by atoms with Crippen molar-refractivity contribution in [3.63, 3.8) is 0 Å². The SMILES string of the molecule is COCCOc1ccc(N2CCN(C(=O)C3CC(=O)N(c4ccccc4OC)C3)CC2)nn1. The second kappa shape index (κ2) is 10.5. The van der Waals surface area contributed by atoms with Gasteiger partial charge in [0.15, 0.2) is 5.82 Å². The summed E-state index contributed by atoms with van der Waals surface area (Å²) in [5.41, 5.74) is 0.707. The van der Waals surface area contributed by atoms with E-state index in [1.54, 1.807) is 25.2 Å². The summed E-state index contributed by atoms with van der Waals surface area (Å²) in [7, 11) is 3.19. The molecule has 0 N–H and O–H groups in total. The van der Waals surface area contributed by atoms with Crippen LogP contribution < -0.4 is 19.3 Å². The number of methoxy groups -OCH3 is 2. The molecule has 3 heterocycles. The van der Waals surface area contributed by atoms with Crippen LogP contribution in [0.15, 0.2) is 36.4 Å². The molecule has 10 nitrogen and oxygen atoms in total. The molecule has 2 fully saturated rings. The molecule has 0 spiro atoms. The van der Waals surface area contributed by atoms with Gasteiger partial charge in [-0.3, -0.25) is 9.59 Å². The van der Waals surface area contributed by atoms with E-state index >= 15 is 0 Å². The third-order valence-corrected chi connectivity index (χ3v) is 5.93. The molecule has 2 aliphatic heterocycles. The lowest BCUT2D eigenvalue weighted by atomic mass is 10.1. The fraction of sp³-hybridized carbons (Fsp3) is 0.478. The monoisotopic (exact) mass is 455 g/mol. The van der Waals surface area contributed by atoms with Crippen LogP contribution in [0.5, 0.6) is 11.6 Å². The Kier molecular flexibility index (Phi) is 7.23. The van der Waals surface area contributed by atoms with Crippen molar-refractivity contribution in [2.75, 3.05) is 70.0 Å². The Morgan fingerprint density at radius 2 is 1.82 bits per heavy atom. The summed E-state index contributed by atoms with van der Waals surface area (Å²) in [6.07, 6.45) is 0.215. The van der Waals surface area contributed by atoms with Crippen molar-refractivity contribution in [1.29, 1.82) is 0 Å². The number of rotatable bonds is 8. The molecular formula is C23H29N5O5. The summed E-state index contributed by atoms with van der Waals surface area (Å²) in [5.74, 6) is 1.45. The number of amides is 2. The quantitative estimate of drug-likeness (QED) is 0.548. The Morgan fingerprint density at radius 3 is 2.52 bits per heavy atom. The molecular weight excluding hydrogens is 426 g/mol. The van der Waals surface area contributed by atoms with Crippen molar-refractivity contribution in [3.05, 3.63) is 36.4 Å². The average molecular weight is 456 g/mol.